The van der Waals surface area contributed by atoms with E-state index in [0.29, 0.717) is 15.6 Å². The van der Waals surface area contributed by atoms with E-state index < -0.39 is 27.5 Å². The summed E-state index contributed by atoms with van der Waals surface area (Å²) in [6, 6.07) is 4.60. The van der Waals surface area contributed by atoms with Gasteiger partial charge >= 0.3 is 6.18 Å². The summed E-state index contributed by atoms with van der Waals surface area (Å²) in [7, 11) is -2.16. The molecular formula is C18H13F4N3O2S2. The van der Waals surface area contributed by atoms with Gasteiger partial charge in [0, 0.05) is 17.1 Å². The van der Waals surface area contributed by atoms with Gasteiger partial charge < -0.3 is 4.57 Å². The Balaban J connectivity index is 2.05. The Morgan fingerprint density at radius 2 is 1.93 bits per heavy atom. The molecular weight excluding hydrogens is 430 g/mol. The van der Waals surface area contributed by atoms with Crippen molar-refractivity contribution in [3.63, 3.8) is 0 Å². The minimum Gasteiger partial charge on any atom is -0.325 e. The molecule has 0 aliphatic carbocycles. The van der Waals surface area contributed by atoms with Gasteiger partial charge in [-0.1, -0.05) is 6.92 Å². The molecule has 1 aromatic carbocycles. The fourth-order valence-electron chi connectivity index (χ4n) is 3.09. The number of rotatable bonds is 3. The number of imidazole rings is 1. The van der Waals surface area contributed by atoms with Gasteiger partial charge in [-0.3, -0.25) is 0 Å². The summed E-state index contributed by atoms with van der Waals surface area (Å²) in [5, 5.41) is 0.356. The number of fused-ring (bicyclic) bond motifs is 2. The van der Waals surface area contributed by atoms with Crippen molar-refractivity contribution in [2.75, 3.05) is 5.75 Å². The van der Waals surface area contributed by atoms with Crippen LogP contribution in [0.25, 0.3) is 31.8 Å². The molecule has 0 unspecified atom stereocenters. The Kier molecular flexibility index (Phi) is 4.43. The van der Waals surface area contributed by atoms with Crippen LogP contribution < -0.4 is 0 Å². The molecule has 3 aromatic heterocycles. The first-order valence-corrected chi connectivity index (χ1v) is 10.8. The van der Waals surface area contributed by atoms with E-state index in [1.54, 1.807) is 7.05 Å². The second-order valence-corrected chi connectivity index (χ2v) is 9.62. The van der Waals surface area contributed by atoms with E-state index in [-0.39, 0.29) is 26.9 Å². The van der Waals surface area contributed by atoms with Crippen molar-refractivity contribution >= 4 is 42.3 Å². The van der Waals surface area contributed by atoms with Crippen molar-refractivity contribution in [1.29, 1.82) is 0 Å². The van der Waals surface area contributed by atoms with E-state index in [2.05, 4.69) is 9.97 Å². The van der Waals surface area contributed by atoms with E-state index in [1.165, 1.54) is 29.7 Å². The first kappa shape index (κ1) is 19.8. The summed E-state index contributed by atoms with van der Waals surface area (Å²) in [6.45, 7) is 1.49. The summed E-state index contributed by atoms with van der Waals surface area (Å²) in [6.07, 6.45) is -3.58. The number of aryl methyl sites for hydroxylation is 1. The normalized spacial score (nSPS) is 12.9. The molecule has 0 saturated carbocycles. The summed E-state index contributed by atoms with van der Waals surface area (Å²) >= 11 is 1.03. The van der Waals surface area contributed by atoms with Crippen molar-refractivity contribution in [3.8, 4) is 10.7 Å². The second-order valence-electron chi connectivity index (χ2n) is 6.35. The molecule has 0 atom stereocenters. The van der Waals surface area contributed by atoms with Crippen LogP contribution in [0, 0.1) is 5.82 Å². The molecule has 0 aliphatic heterocycles. The van der Waals surface area contributed by atoms with Crippen molar-refractivity contribution in [1.82, 2.24) is 14.5 Å². The fourth-order valence-corrected chi connectivity index (χ4v) is 5.99. The van der Waals surface area contributed by atoms with E-state index in [1.807, 2.05) is 0 Å². The quantitative estimate of drug-likeness (QED) is 0.427. The maximum absolute atomic E-state index is 13.7. The predicted molar refractivity (Wildman–Crippen MR) is 102 cm³/mol. The van der Waals surface area contributed by atoms with Crippen LogP contribution in [0.1, 0.15) is 12.6 Å². The summed E-state index contributed by atoms with van der Waals surface area (Å²) in [4.78, 5) is 7.95. The highest BCUT2D eigenvalue weighted by atomic mass is 32.2. The van der Waals surface area contributed by atoms with Gasteiger partial charge in [0.25, 0.3) is 0 Å². The smallest absolute Gasteiger partial charge is 0.325 e. The molecule has 4 aromatic rings. The molecule has 3 heterocycles. The van der Waals surface area contributed by atoms with Crippen LogP contribution >= 0.6 is 11.3 Å². The summed E-state index contributed by atoms with van der Waals surface area (Å²) < 4.78 is 80.1. The van der Waals surface area contributed by atoms with Crippen molar-refractivity contribution in [2.45, 2.75) is 18.0 Å². The molecule has 11 heteroatoms. The second kappa shape index (κ2) is 6.49. The number of hydrogen-bond donors (Lipinski definition) is 0. The molecule has 0 amide bonds. The third-order valence-corrected chi connectivity index (χ3v) is 7.64. The SMILES string of the molecule is CCS(=O)(=O)c1c(-c2nc3cc(C(F)(F)F)ncc3n2C)sc2cc(F)ccc12. The maximum Gasteiger partial charge on any atom is 0.433 e. The minimum atomic E-state index is -4.63. The molecule has 29 heavy (non-hydrogen) atoms. The predicted octanol–water partition coefficient (Wildman–Crippen LogP) is 4.80. The zero-order valence-corrected chi connectivity index (χ0v) is 16.7. The zero-order chi connectivity index (χ0) is 21.1. The Bertz CT molecular complexity index is 1370. The monoisotopic (exact) mass is 443 g/mol. The average Bonchev–Trinajstić information content (AvgIpc) is 3.18. The number of thiophene rings is 1. The fraction of sp³-hybridized carbons (Fsp3) is 0.222. The Labute approximate surface area is 166 Å². The molecule has 0 bridgehead atoms. The summed E-state index contributed by atoms with van der Waals surface area (Å²) in [5.41, 5.74) is -0.737. The van der Waals surface area contributed by atoms with Crippen LogP contribution in [0.2, 0.25) is 0 Å². The Morgan fingerprint density at radius 1 is 1.21 bits per heavy atom. The molecule has 152 valence electrons. The van der Waals surface area contributed by atoms with Gasteiger partial charge in [-0.05, 0) is 24.3 Å². The third kappa shape index (κ3) is 3.18. The van der Waals surface area contributed by atoms with Gasteiger partial charge in [0.15, 0.2) is 15.7 Å². The van der Waals surface area contributed by atoms with Gasteiger partial charge in [-0.25, -0.2) is 22.8 Å². The first-order valence-electron chi connectivity index (χ1n) is 8.37. The first-order chi connectivity index (χ1) is 13.5. The van der Waals surface area contributed by atoms with Crippen LogP contribution in [0.4, 0.5) is 17.6 Å². The Hall–Kier alpha value is -2.53. The van der Waals surface area contributed by atoms with Crippen LogP contribution in [0.5, 0.6) is 0 Å². The molecule has 0 N–H and O–H groups in total. The average molecular weight is 443 g/mol. The summed E-state index contributed by atoms with van der Waals surface area (Å²) in [5.74, 6) is -0.531. The lowest BCUT2D eigenvalue weighted by atomic mass is 10.2. The standard InChI is InChI=1S/C18H13F4N3O2S2/c1-3-29(26,27)16-10-5-4-9(19)6-13(10)28-15(16)17-24-11-7-14(18(20,21)22)23-8-12(11)25(17)2/h4-8H,3H2,1-2H3. The van der Waals surface area contributed by atoms with Crippen LogP contribution in [-0.4, -0.2) is 28.7 Å². The lowest BCUT2D eigenvalue weighted by Crippen LogP contribution is -2.07. The van der Waals surface area contributed by atoms with Gasteiger partial charge in [0.2, 0.25) is 0 Å². The lowest BCUT2D eigenvalue weighted by molar-refractivity contribution is -0.141. The minimum absolute atomic E-state index is 0.00223. The number of hydrogen-bond acceptors (Lipinski definition) is 5. The highest BCUT2D eigenvalue weighted by Crippen LogP contribution is 2.42. The van der Waals surface area contributed by atoms with E-state index in [0.717, 1.165) is 23.6 Å². The molecule has 0 aliphatic rings. The highest BCUT2D eigenvalue weighted by molar-refractivity contribution is 7.92. The number of alkyl halides is 3. The molecule has 0 fully saturated rings. The molecule has 0 radical (unpaired) electrons. The van der Waals surface area contributed by atoms with E-state index in [4.69, 9.17) is 0 Å². The molecule has 0 spiro atoms. The van der Waals surface area contributed by atoms with Crippen LogP contribution in [-0.2, 0) is 23.1 Å². The third-order valence-electron chi connectivity index (χ3n) is 4.56. The number of nitrogens with zero attached hydrogens (tertiary/aromatic N) is 3. The van der Waals surface area contributed by atoms with E-state index in [9.17, 15) is 26.0 Å². The van der Waals surface area contributed by atoms with Gasteiger partial charge in [-0.2, -0.15) is 13.2 Å². The van der Waals surface area contributed by atoms with Gasteiger partial charge in [0.05, 0.1) is 32.8 Å². The van der Waals surface area contributed by atoms with Gasteiger partial charge in [-0.15, -0.1) is 11.3 Å². The lowest BCUT2D eigenvalue weighted by Gasteiger charge is -2.06. The zero-order valence-electron chi connectivity index (χ0n) is 15.1. The molecule has 5 nitrogen and oxygen atoms in total. The van der Waals surface area contributed by atoms with Crippen LogP contribution in [0.15, 0.2) is 35.4 Å². The molecule has 4 rings (SSSR count). The topological polar surface area (TPSA) is 64.8 Å². The maximum atomic E-state index is 13.7. The van der Waals surface area contributed by atoms with E-state index >= 15 is 0 Å². The van der Waals surface area contributed by atoms with Gasteiger partial charge in [0.1, 0.15) is 11.5 Å². The number of benzene rings is 1. The van der Waals surface area contributed by atoms with Crippen molar-refractivity contribution < 1.29 is 26.0 Å². The number of aromatic nitrogens is 3. The highest BCUT2D eigenvalue weighted by Gasteiger charge is 2.33. The van der Waals surface area contributed by atoms with Crippen LogP contribution in [0.3, 0.4) is 0 Å². The van der Waals surface area contributed by atoms with Crippen molar-refractivity contribution in [3.05, 3.63) is 42.0 Å². The number of pyridine rings is 1. The molecule has 0 saturated heterocycles. The number of halogens is 4. The van der Waals surface area contributed by atoms with Crippen molar-refractivity contribution in [2.24, 2.45) is 7.05 Å². The largest absolute Gasteiger partial charge is 0.433 e. The Morgan fingerprint density at radius 3 is 2.59 bits per heavy atom. The number of sulfone groups is 1.